The molecule has 0 spiro atoms. The Morgan fingerprint density at radius 1 is 1.17 bits per heavy atom. The second kappa shape index (κ2) is 4.67. The van der Waals surface area contributed by atoms with E-state index >= 15 is 0 Å². The number of halogens is 3. The highest BCUT2D eigenvalue weighted by atomic mass is 19.2. The van der Waals surface area contributed by atoms with Crippen LogP contribution in [0.3, 0.4) is 0 Å². The molecule has 0 aliphatic heterocycles. The molecule has 0 aliphatic rings. The molecule has 0 unspecified atom stereocenters. The Hall–Kier alpha value is -2.05. The average Bonchev–Trinajstić information content (AvgIpc) is 2.67. The van der Waals surface area contributed by atoms with Crippen LogP contribution in [0.2, 0.25) is 0 Å². The fraction of sp³-hybridized carbons (Fsp3) is 0.273. The third-order valence-corrected chi connectivity index (χ3v) is 2.65. The van der Waals surface area contributed by atoms with E-state index in [4.69, 9.17) is 0 Å². The van der Waals surface area contributed by atoms with Gasteiger partial charge in [-0.1, -0.05) is 0 Å². The summed E-state index contributed by atoms with van der Waals surface area (Å²) >= 11 is 0. The summed E-state index contributed by atoms with van der Waals surface area (Å²) in [6, 6.07) is 2.00. The van der Waals surface area contributed by atoms with Gasteiger partial charge in [-0.05, 0) is 19.1 Å². The zero-order valence-electron chi connectivity index (χ0n) is 9.84. The van der Waals surface area contributed by atoms with Crippen LogP contribution in [0.15, 0.2) is 12.1 Å². The van der Waals surface area contributed by atoms with Crippen LogP contribution < -0.4 is 5.32 Å². The zero-order chi connectivity index (χ0) is 13.3. The van der Waals surface area contributed by atoms with Crippen molar-refractivity contribution in [3.63, 3.8) is 0 Å². The summed E-state index contributed by atoms with van der Waals surface area (Å²) in [7, 11) is 1.76. The minimum atomic E-state index is -1.49. The number of aromatic nitrogens is 3. The van der Waals surface area contributed by atoms with Crippen LogP contribution in [0, 0.1) is 24.4 Å². The summed E-state index contributed by atoms with van der Waals surface area (Å²) in [5, 5.41) is 10.3. The molecule has 2 rings (SSSR count). The molecule has 18 heavy (non-hydrogen) atoms. The van der Waals surface area contributed by atoms with Gasteiger partial charge < -0.3 is 9.88 Å². The predicted molar refractivity (Wildman–Crippen MR) is 59.4 cm³/mol. The molecule has 0 saturated heterocycles. The second-order valence-corrected chi connectivity index (χ2v) is 3.80. The van der Waals surface area contributed by atoms with E-state index in [1.807, 2.05) is 0 Å². The molecule has 7 heteroatoms. The number of nitrogens with zero attached hydrogens (tertiary/aromatic N) is 3. The van der Waals surface area contributed by atoms with Crippen LogP contribution in [0.25, 0.3) is 0 Å². The second-order valence-electron chi connectivity index (χ2n) is 3.80. The summed E-state index contributed by atoms with van der Waals surface area (Å²) in [6.07, 6.45) is 0. The molecule has 1 aromatic heterocycles. The van der Waals surface area contributed by atoms with Crippen molar-refractivity contribution >= 4 is 5.69 Å². The van der Waals surface area contributed by atoms with E-state index in [-0.39, 0.29) is 12.2 Å². The van der Waals surface area contributed by atoms with Gasteiger partial charge in [0.2, 0.25) is 0 Å². The van der Waals surface area contributed by atoms with E-state index in [0.717, 1.165) is 12.1 Å². The lowest BCUT2D eigenvalue weighted by atomic mass is 10.3. The molecular weight excluding hydrogens is 245 g/mol. The molecule has 1 heterocycles. The Morgan fingerprint density at radius 2 is 1.89 bits per heavy atom. The molecule has 1 N–H and O–H groups in total. The molecule has 0 fully saturated rings. The molecule has 0 aliphatic carbocycles. The lowest BCUT2D eigenvalue weighted by Crippen LogP contribution is -2.08. The van der Waals surface area contributed by atoms with Crippen LogP contribution >= 0.6 is 0 Å². The van der Waals surface area contributed by atoms with Crippen molar-refractivity contribution < 1.29 is 13.2 Å². The monoisotopic (exact) mass is 256 g/mol. The summed E-state index contributed by atoms with van der Waals surface area (Å²) < 4.78 is 40.8. The maximum atomic E-state index is 13.4. The third-order valence-electron chi connectivity index (χ3n) is 2.65. The number of aryl methyl sites for hydroxylation is 1. The highest BCUT2D eigenvalue weighted by Crippen LogP contribution is 2.19. The van der Waals surface area contributed by atoms with E-state index in [1.165, 1.54) is 0 Å². The molecular formula is C11H11F3N4. The quantitative estimate of drug-likeness (QED) is 0.856. The normalized spacial score (nSPS) is 10.7. The van der Waals surface area contributed by atoms with E-state index in [1.54, 1.807) is 18.5 Å². The topological polar surface area (TPSA) is 42.7 Å². The highest BCUT2D eigenvalue weighted by Gasteiger charge is 2.13. The molecule has 0 amide bonds. The first-order valence-corrected chi connectivity index (χ1v) is 5.23. The van der Waals surface area contributed by atoms with Gasteiger partial charge in [0.1, 0.15) is 5.82 Å². The third kappa shape index (κ3) is 2.15. The maximum Gasteiger partial charge on any atom is 0.196 e. The molecule has 0 radical (unpaired) electrons. The van der Waals surface area contributed by atoms with Crippen molar-refractivity contribution in [2.24, 2.45) is 7.05 Å². The van der Waals surface area contributed by atoms with Crippen molar-refractivity contribution in [3.05, 3.63) is 41.2 Å². The minimum absolute atomic E-state index is 0.116. The van der Waals surface area contributed by atoms with Gasteiger partial charge in [-0.3, -0.25) is 0 Å². The number of rotatable bonds is 3. The lowest BCUT2D eigenvalue weighted by Gasteiger charge is -2.08. The summed E-state index contributed by atoms with van der Waals surface area (Å²) in [5.41, 5.74) is -0.116. The Balaban J connectivity index is 2.16. The molecule has 0 bridgehead atoms. The molecule has 1 aromatic carbocycles. The maximum absolute atomic E-state index is 13.4. The van der Waals surface area contributed by atoms with Crippen molar-refractivity contribution in [1.82, 2.24) is 14.8 Å². The highest BCUT2D eigenvalue weighted by molar-refractivity contribution is 5.45. The number of benzene rings is 1. The van der Waals surface area contributed by atoms with Gasteiger partial charge in [0.15, 0.2) is 23.3 Å². The summed E-state index contributed by atoms with van der Waals surface area (Å²) in [5.74, 6) is -2.68. The van der Waals surface area contributed by atoms with Gasteiger partial charge in [0.25, 0.3) is 0 Å². The predicted octanol–water partition coefficient (Wildman–Crippen LogP) is 2.15. The summed E-state index contributed by atoms with van der Waals surface area (Å²) in [4.78, 5) is 0. The van der Waals surface area contributed by atoms with Crippen molar-refractivity contribution in [2.75, 3.05) is 5.32 Å². The van der Waals surface area contributed by atoms with Crippen molar-refractivity contribution in [1.29, 1.82) is 0 Å². The fourth-order valence-corrected chi connectivity index (χ4v) is 1.44. The molecule has 0 atom stereocenters. The van der Waals surface area contributed by atoms with E-state index < -0.39 is 17.5 Å². The summed E-state index contributed by atoms with van der Waals surface area (Å²) in [6.45, 7) is 1.94. The smallest absolute Gasteiger partial charge is 0.196 e. The van der Waals surface area contributed by atoms with Gasteiger partial charge in [-0.15, -0.1) is 10.2 Å². The minimum Gasteiger partial charge on any atom is -0.375 e. The van der Waals surface area contributed by atoms with Crippen LogP contribution in [0.1, 0.15) is 11.6 Å². The number of anilines is 1. The van der Waals surface area contributed by atoms with E-state index in [2.05, 4.69) is 15.5 Å². The Morgan fingerprint density at radius 3 is 2.50 bits per heavy atom. The van der Waals surface area contributed by atoms with Crippen LogP contribution in [-0.2, 0) is 13.6 Å². The van der Waals surface area contributed by atoms with Gasteiger partial charge in [-0.25, -0.2) is 13.2 Å². The standard InChI is InChI=1S/C11H11F3N4/c1-6-16-17-9(18(6)2)5-15-8-4-3-7(12)10(13)11(8)14/h3-4,15H,5H2,1-2H3. The zero-order valence-corrected chi connectivity index (χ0v) is 9.84. The van der Waals surface area contributed by atoms with Crippen LogP contribution in [-0.4, -0.2) is 14.8 Å². The van der Waals surface area contributed by atoms with Crippen molar-refractivity contribution in [2.45, 2.75) is 13.5 Å². The van der Waals surface area contributed by atoms with Gasteiger partial charge in [0, 0.05) is 7.05 Å². The molecule has 0 saturated carbocycles. The van der Waals surface area contributed by atoms with Crippen LogP contribution in [0.5, 0.6) is 0 Å². The Labute approximate surface area is 101 Å². The Bertz CT molecular complexity index is 580. The average molecular weight is 256 g/mol. The largest absolute Gasteiger partial charge is 0.375 e. The van der Waals surface area contributed by atoms with E-state index in [0.29, 0.717) is 11.6 Å². The SMILES string of the molecule is Cc1nnc(CNc2ccc(F)c(F)c2F)n1C. The first kappa shape index (κ1) is 12.4. The van der Waals surface area contributed by atoms with Gasteiger partial charge in [-0.2, -0.15) is 0 Å². The van der Waals surface area contributed by atoms with Crippen LogP contribution in [0.4, 0.5) is 18.9 Å². The number of nitrogens with one attached hydrogen (secondary N) is 1. The van der Waals surface area contributed by atoms with Crippen molar-refractivity contribution in [3.8, 4) is 0 Å². The van der Waals surface area contributed by atoms with Gasteiger partial charge >= 0.3 is 0 Å². The van der Waals surface area contributed by atoms with E-state index in [9.17, 15) is 13.2 Å². The van der Waals surface area contributed by atoms with Gasteiger partial charge in [0.05, 0.1) is 12.2 Å². The number of hydrogen-bond donors (Lipinski definition) is 1. The first-order valence-electron chi connectivity index (χ1n) is 5.23. The fourth-order valence-electron chi connectivity index (χ4n) is 1.44. The molecule has 96 valence electrons. The lowest BCUT2D eigenvalue weighted by molar-refractivity contribution is 0.449. The Kier molecular flexibility index (Phi) is 3.22. The molecule has 4 nitrogen and oxygen atoms in total. The molecule has 2 aromatic rings. The number of hydrogen-bond acceptors (Lipinski definition) is 3. The first-order chi connectivity index (χ1) is 8.50.